The summed E-state index contributed by atoms with van der Waals surface area (Å²) in [6.07, 6.45) is 3.14. The van der Waals surface area contributed by atoms with Gasteiger partial charge in [0.05, 0.1) is 5.69 Å². The molecule has 0 aliphatic heterocycles. The fourth-order valence-electron chi connectivity index (χ4n) is 0.836. The minimum Gasteiger partial charge on any atom is -0.244 e. The van der Waals surface area contributed by atoms with E-state index < -0.39 is 0 Å². The van der Waals surface area contributed by atoms with E-state index in [0.29, 0.717) is 5.82 Å². The van der Waals surface area contributed by atoms with Crippen molar-refractivity contribution in [1.82, 2.24) is 9.97 Å². The number of aryl methyl sites for hydroxylation is 1. The van der Waals surface area contributed by atoms with Crippen LogP contribution in [0.3, 0.4) is 0 Å². The van der Waals surface area contributed by atoms with Crippen molar-refractivity contribution in [2.75, 3.05) is 0 Å². The van der Waals surface area contributed by atoms with Gasteiger partial charge < -0.3 is 0 Å². The maximum atomic E-state index is 3.99. The number of hydrogen-bond donors (Lipinski definition) is 0. The van der Waals surface area contributed by atoms with Gasteiger partial charge in [0.15, 0.2) is 5.82 Å². The largest absolute Gasteiger partial charge is 0.244 e. The molecular weight excluding hydrogens is 138 g/mol. The summed E-state index contributed by atoms with van der Waals surface area (Å²) < 4.78 is 0. The lowest BCUT2D eigenvalue weighted by molar-refractivity contribution is 1.08. The highest BCUT2D eigenvalue weighted by Gasteiger charge is 2.00. The maximum Gasteiger partial charge on any atom is 0.162 e. The summed E-state index contributed by atoms with van der Waals surface area (Å²) in [4.78, 5) is 11.6. The molecule has 0 aliphatic carbocycles. The Balaban J connectivity index is 3.35. The molecule has 1 aromatic rings. The smallest absolute Gasteiger partial charge is 0.162 e. The number of hydrogen-bond acceptors (Lipinski definition) is 3. The van der Waals surface area contributed by atoms with Crippen molar-refractivity contribution in [3.8, 4) is 0 Å². The number of aromatic nitrogens is 2. The highest BCUT2D eigenvalue weighted by atomic mass is 14.9. The summed E-state index contributed by atoms with van der Waals surface area (Å²) in [5.41, 5.74) is 1.72. The Morgan fingerprint density at radius 2 is 2.27 bits per heavy atom. The Labute approximate surface area is 65.5 Å². The second kappa shape index (κ2) is 3.05. The Kier molecular flexibility index (Phi) is 2.11. The molecule has 56 valence electrons. The first kappa shape index (κ1) is 7.60. The summed E-state index contributed by atoms with van der Waals surface area (Å²) in [6.45, 7) is 8.91. The number of rotatable bonds is 2. The van der Waals surface area contributed by atoms with Crippen LogP contribution in [-0.4, -0.2) is 16.7 Å². The van der Waals surface area contributed by atoms with E-state index in [1.807, 2.05) is 6.92 Å². The summed E-state index contributed by atoms with van der Waals surface area (Å²) in [7, 11) is 0. The third-order valence-electron chi connectivity index (χ3n) is 1.42. The van der Waals surface area contributed by atoms with Gasteiger partial charge in [-0.05, 0) is 13.6 Å². The summed E-state index contributed by atoms with van der Waals surface area (Å²) in [6, 6.07) is 0. The van der Waals surface area contributed by atoms with E-state index in [2.05, 4.69) is 28.3 Å². The lowest BCUT2D eigenvalue weighted by Gasteiger charge is -1.99. The van der Waals surface area contributed by atoms with E-state index in [-0.39, 0.29) is 0 Å². The molecule has 1 aromatic heterocycles. The lowest BCUT2D eigenvalue weighted by Crippen LogP contribution is -1.88. The predicted octanol–water partition coefficient (Wildman–Crippen LogP) is 1.76. The topological polar surface area (TPSA) is 38.1 Å². The van der Waals surface area contributed by atoms with Gasteiger partial charge >= 0.3 is 0 Å². The zero-order valence-electron chi connectivity index (χ0n) is 6.41. The number of nitrogens with zero attached hydrogens (tertiary/aromatic N) is 3. The van der Waals surface area contributed by atoms with Crippen LogP contribution in [0.4, 0.5) is 5.82 Å². The molecular formula is C8H9N3. The van der Waals surface area contributed by atoms with Crippen molar-refractivity contribution < 1.29 is 0 Å². The minimum atomic E-state index is 0.590. The monoisotopic (exact) mass is 147 g/mol. The second-order valence-corrected chi connectivity index (χ2v) is 2.06. The Hall–Kier alpha value is -1.51. The van der Waals surface area contributed by atoms with Crippen LogP contribution >= 0.6 is 0 Å². The van der Waals surface area contributed by atoms with Gasteiger partial charge in [-0.25, -0.2) is 15.0 Å². The Morgan fingerprint density at radius 1 is 1.55 bits per heavy atom. The van der Waals surface area contributed by atoms with Gasteiger partial charge in [-0.1, -0.05) is 12.7 Å². The third kappa shape index (κ3) is 1.32. The molecule has 0 radical (unpaired) electrons. The molecule has 0 amide bonds. The lowest BCUT2D eigenvalue weighted by atomic mass is 10.2. The van der Waals surface area contributed by atoms with Crippen LogP contribution in [0.25, 0.3) is 6.08 Å². The molecule has 0 atom stereocenters. The molecule has 0 saturated carbocycles. The molecule has 0 N–H and O–H groups in total. The molecule has 0 aromatic carbocycles. The molecule has 0 aliphatic rings. The van der Waals surface area contributed by atoms with Crippen LogP contribution in [0.5, 0.6) is 0 Å². The third-order valence-corrected chi connectivity index (χ3v) is 1.42. The van der Waals surface area contributed by atoms with Gasteiger partial charge in [-0.2, -0.15) is 0 Å². The van der Waals surface area contributed by atoms with Gasteiger partial charge in [0.25, 0.3) is 0 Å². The second-order valence-electron chi connectivity index (χ2n) is 2.06. The fourth-order valence-corrected chi connectivity index (χ4v) is 0.836. The van der Waals surface area contributed by atoms with Crippen LogP contribution in [0.1, 0.15) is 11.3 Å². The molecule has 0 fully saturated rings. The van der Waals surface area contributed by atoms with Gasteiger partial charge in [0.1, 0.15) is 6.33 Å². The zero-order valence-corrected chi connectivity index (χ0v) is 6.41. The molecule has 1 rings (SSSR count). The minimum absolute atomic E-state index is 0.590. The first-order valence-corrected chi connectivity index (χ1v) is 3.20. The van der Waals surface area contributed by atoms with E-state index in [1.54, 1.807) is 6.08 Å². The molecule has 0 unspecified atom stereocenters. The highest BCUT2D eigenvalue weighted by Crippen LogP contribution is 2.17. The van der Waals surface area contributed by atoms with Crippen LogP contribution < -0.4 is 0 Å². The summed E-state index contributed by atoms with van der Waals surface area (Å²) in [5.74, 6) is 0.590. The quantitative estimate of drug-likeness (QED) is 0.598. The van der Waals surface area contributed by atoms with Crippen LogP contribution in [0.2, 0.25) is 0 Å². The van der Waals surface area contributed by atoms with Crippen LogP contribution in [0.15, 0.2) is 17.9 Å². The van der Waals surface area contributed by atoms with Gasteiger partial charge in [0.2, 0.25) is 0 Å². The van der Waals surface area contributed by atoms with Crippen LogP contribution in [0, 0.1) is 6.92 Å². The van der Waals surface area contributed by atoms with E-state index in [9.17, 15) is 0 Å². The van der Waals surface area contributed by atoms with Crippen molar-refractivity contribution in [3.05, 3.63) is 24.2 Å². The van der Waals surface area contributed by atoms with Crippen molar-refractivity contribution in [1.29, 1.82) is 0 Å². The Bertz CT molecular complexity index is 291. The molecule has 3 heteroatoms. The van der Waals surface area contributed by atoms with E-state index in [4.69, 9.17) is 0 Å². The van der Waals surface area contributed by atoms with Gasteiger partial charge in [0, 0.05) is 5.56 Å². The SMILES string of the molecule is C=Cc1c(C)ncnc1N=C. The molecule has 0 bridgehead atoms. The molecule has 1 heterocycles. The average Bonchev–Trinajstić information content (AvgIpc) is 2.04. The summed E-state index contributed by atoms with van der Waals surface area (Å²) >= 11 is 0. The fraction of sp³-hybridized carbons (Fsp3) is 0.125. The standard InChI is InChI=1S/C8H9N3/c1-4-7-6(2)10-5-11-8(7)9-3/h4-5H,1,3H2,2H3. The normalized spacial score (nSPS) is 9.18. The number of aliphatic imine (C=N–C) groups is 1. The van der Waals surface area contributed by atoms with Crippen LogP contribution in [-0.2, 0) is 0 Å². The van der Waals surface area contributed by atoms with E-state index in [0.717, 1.165) is 11.3 Å². The van der Waals surface area contributed by atoms with Crippen molar-refractivity contribution in [3.63, 3.8) is 0 Å². The molecule has 0 spiro atoms. The van der Waals surface area contributed by atoms with Gasteiger partial charge in [-0.3, -0.25) is 0 Å². The maximum absolute atomic E-state index is 3.99. The van der Waals surface area contributed by atoms with Crippen molar-refractivity contribution in [2.45, 2.75) is 6.92 Å². The first-order chi connectivity index (χ1) is 5.29. The predicted molar refractivity (Wildman–Crippen MR) is 46.1 cm³/mol. The van der Waals surface area contributed by atoms with Gasteiger partial charge in [-0.15, -0.1) is 0 Å². The molecule has 0 saturated heterocycles. The van der Waals surface area contributed by atoms with Crippen molar-refractivity contribution in [2.24, 2.45) is 4.99 Å². The highest BCUT2D eigenvalue weighted by molar-refractivity contribution is 5.62. The molecule has 11 heavy (non-hydrogen) atoms. The Morgan fingerprint density at radius 3 is 2.73 bits per heavy atom. The average molecular weight is 147 g/mol. The van der Waals surface area contributed by atoms with E-state index >= 15 is 0 Å². The van der Waals surface area contributed by atoms with E-state index in [1.165, 1.54) is 6.33 Å². The van der Waals surface area contributed by atoms with Crippen molar-refractivity contribution >= 4 is 18.6 Å². The summed E-state index contributed by atoms with van der Waals surface area (Å²) in [5, 5.41) is 0. The molecule has 3 nitrogen and oxygen atoms in total. The first-order valence-electron chi connectivity index (χ1n) is 3.20. The zero-order chi connectivity index (χ0) is 8.27.